The molecule has 0 spiro atoms. The largest absolute Gasteiger partial charge is 0.465 e. The molecule has 1 aromatic carbocycles. The Kier molecular flexibility index (Phi) is 4.66. The summed E-state index contributed by atoms with van der Waals surface area (Å²) >= 11 is 0. The normalized spacial score (nSPS) is 9.67. The van der Waals surface area contributed by atoms with Crippen molar-refractivity contribution in [1.82, 2.24) is 15.3 Å². The molecule has 1 amide bonds. The van der Waals surface area contributed by atoms with Crippen LogP contribution in [-0.4, -0.2) is 27.7 Å². The van der Waals surface area contributed by atoms with Crippen LogP contribution in [0.1, 0.15) is 11.3 Å². The summed E-state index contributed by atoms with van der Waals surface area (Å²) < 4.78 is 5.51. The zero-order chi connectivity index (χ0) is 15.1. The zero-order valence-electron chi connectivity index (χ0n) is 11.0. The first-order valence-corrected chi connectivity index (χ1v) is 6.13. The predicted molar refractivity (Wildman–Crippen MR) is 73.0 cm³/mol. The minimum atomic E-state index is -1.04. The number of rotatable bonds is 5. The smallest absolute Gasteiger partial charge is 0.404 e. The highest BCUT2D eigenvalue weighted by molar-refractivity contribution is 5.64. The minimum Gasteiger partial charge on any atom is -0.465 e. The standard InChI is InChI=1S/C14H12N4O3/c15-8-11-7-13(18-9-17-11)21-12-3-1-10(2-4-12)5-6-16-14(19)20/h1-4,7,9,16H,5-6H2,(H,19,20). The van der Waals surface area contributed by atoms with Crippen molar-refractivity contribution < 1.29 is 14.6 Å². The maximum absolute atomic E-state index is 10.3. The lowest BCUT2D eigenvalue weighted by atomic mass is 10.1. The Labute approximate surface area is 120 Å². The lowest BCUT2D eigenvalue weighted by Crippen LogP contribution is -2.23. The summed E-state index contributed by atoms with van der Waals surface area (Å²) in [6.07, 6.45) is 0.824. The van der Waals surface area contributed by atoms with Gasteiger partial charge >= 0.3 is 6.09 Å². The summed E-state index contributed by atoms with van der Waals surface area (Å²) in [5.74, 6) is 0.870. The van der Waals surface area contributed by atoms with Crippen molar-refractivity contribution in [3.8, 4) is 17.7 Å². The number of nitrogens with one attached hydrogen (secondary N) is 1. The lowest BCUT2D eigenvalue weighted by Gasteiger charge is -2.06. The molecule has 0 bridgehead atoms. The number of carbonyl (C=O) groups is 1. The molecule has 106 valence electrons. The fraction of sp³-hybridized carbons (Fsp3) is 0.143. The summed E-state index contributed by atoms with van der Waals surface area (Å²) in [6, 6.07) is 10.5. The summed E-state index contributed by atoms with van der Waals surface area (Å²) in [5.41, 5.74) is 1.22. The molecule has 0 radical (unpaired) electrons. The van der Waals surface area contributed by atoms with Gasteiger partial charge in [-0.25, -0.2) is 14.8 Å². The minimum absolute atomic E-state index is 0.233. The topological polar surface area (TPSA) is 108 Å². The van der Waals surface area contributed by atoms with Gasteiger partial charge in [0.25, 0.3) is 0 Å². The SMILES string of the molecule is N#Cc1cc(Oc2ccc(CCNC(=O)O)cc2)ncn1. The third-order valence-electron chi connectivity index (χ3n) is 2.59. The number of nitriles is 1. The molecule has 21 heavy (non-hydrogen) atoms. The lowest BCUT2D eigenvalue weighted by molar-refractivity contribution is 0.194. The summed E-state index contributed by atoms with van der Waals surface area (Å²) in [5, 5.41) is 19.5. The van der Waals surface area contributed by atoms with Crippen LogP contribution in [0.2, 0.25) is 0 Å². The van der Waals surface area contributed by atoms with Gasteiger partial charge in [0.1, 0.15) is 23.8 Å². The third kappa shape index (κ3) is 4.47. The maximum Gasteiger partial charge on any atom is 0.404 e. The van der Waals surface area contributed by atoms with Crippen LogP contribution in [0.4, 0.5) is 4.79 Å². The molecule has 2 N–H and O–H groups in total. The zero-order valence-corrected chi connectivity index (χ0v) is 11.0. The van der Waals surface area contributed by atoms with Crippen LogP contribution in [0.25, 0.3) is 0 Å². The molecule has 0 saturated carbocycles. The molecular formula is C14H12N4O3. The second-order valence-electron chi connectivity index (χ2n) is 4.08. The number of nitrogens with zero attached hydrogens (tertiary/aromatic N) is 3. The fourth-order valence-electron chi connectivity index (χ4n) is 1.62. The Morgan fingerprint density at radius 3 is 2.76 bits per heavy atom. The Hall–Kier alpha value is -3.14. The molecular weight excluding hydrogens is 272 g/mol. The monoisotopic (exact) mass is 284 g/mol. The van der Waals surface area contributed by atoms with Crippen LogP contribution in [0.3, 0.4) is 0 Å². The quantitative estimate of drug-likeness (QED) is 0.868. The highest BCUT2D eigenvalue weighted by Gasteiger charge is 2.02. The van der Waals surface area contributed by atoms with Crippen LogP contribution >= 0.6 is 0 Å². The number of carboxylic acid groups (broad SMARTS) is 1. The van der Waals surface area contributed by atoms with Crippen molar-refractivity contribution in [2.45, 2.75) is 6.42 Å². The number of hydrogen-bond donors (Lipinski definition) is 2. The van der Waals surface area contributed by atoms with Crippen LogP contribution in [0, 0.1) is 11.3 Å². The molecule has 0 aliphatic heterocycles. The van der Waals surface area contributed by atoms with Crippen LogP contribution in [0.5, 0.6) is 11.6 Å². The number of benzene rings is 1. The van der Waals surface area contributed by atoms with Gasteiger partial charge in [0.2, 0.25) is 5.88 Å². The van der Waals surface area contributed by atoms with E-state index in [1.165, 1.54) is 12.4 Å². The van der Waals surface area contributed by atoms with Crippen molar-refractivity contribution >= 4 is 6.09 Å². The van der Waals surface area contributed by atoms with Gasteiger partial charge in [-0.05, 0) is 24.1 Å². The molecule has 0 aliphatic rings. The van der Waals surface area contributed by atoms with E-state index in [1.807, 2.05) is 18.2 Å². The number of hydrogen-bond acceptors (Lipinski definition) is 5. The molecule has 0 aliphatic carbocycles. The molecule has 7 heteroatoms. The number of amides is 1. The van der Waals surface area contributed by atoms with Crippen molar-refractivity contribution in [2.24, 2.45) is 0 Å². The Morgan fingerprint density at radius 2 is 2.10 bits per heavy atom. The summed E-state index contributed by atoms with van der Waals surface area (Å²) in [6.45, 7) is 0.354. The first-order valence-electron chi connectivity index (χ1n) is 6.13. The summed E-state index contributed by atoms with van der Waals surface area (Å²) in [7, 11) is 0. The molecule has 0 fully saturated rings. The Morgan fingerprint density at radius 1 is 1.33 bits per heavy atom. The van der Waals surface area contributed by atoms with Crippen molar-refractivity contribution in [2.75, 3.05) is 6.54 Å². The van der Waals surface area contributed by atoms with E-state index in [1.54, 1.807) is 12.1 Å². The predicted octanol–water partition coefficient (Wildman–Crippen LogP) is 1.95. The van der Waals surface area contributed by atoms with E-state index in [9.17, 15) is 4.79 Å². The second-order valence-corrected chi connectivity index (χ2v) is 4.08. The number of aromatic nitrogens is 2. The van der Waals surface area contributed by atoms with Gasteiger partial charge in [0.05, 0.1) is 0 Å². The van der Waals surface area contributed by atoms with Gasteiger partial charge in [-0.1, -0.05) is 12.1 Å². The third-order valence-corrected chi connectivity index (χ3v) is 2.59. The summed E-state index contributed by atoms with van der Waals surface area (Å²) in [4.78, 5) is 18.0. The fourth-order valence-corrected chi connectivity index (χ4v) is 1.62. The molecule has 0 saturated heterocycles. The highest BCUT2D eigenvalue weighted by Crippen LogP contribution is 2.19. The van der Waals surface area contributed by atoms with Crippen LogP contribution < -0.4 is 10.1 Å². The van der Waals surface area contributed by atoms with E-state index in [2.05, 4.69) is 15.3 Å². The average Bonchev–Trinajstić information content (AvgIpc) is 2.49. The maximum atomic E-state index is 10.3. The van der Waals surface area contributed by atoms with Gasteiger partial charge in [-0.15, -0.1) is 0 Å². The number of ether oxygens (including phenoxy) is 1. The Bertz CT molecular complexity index is 665. The van der Waals surface area contributed by atoms with Crippen molar-refractivity contribution in [3.05, 3.63) is 47.9 Å². The van der Waals surface area contributed by atoms with Crippen molar-refractivity contribution in [1.29, 1.82) is 5.26 Å². The molecule has 0 unspecified atom stereocenters. The van der Waals surface area contributed by atoms with E-state index < -0.39 is 6.09 Å². The molecule has 1 aromatic heterocycles. The molecule has 2 rings (SSSR count). The van der Waals surface area contributed by atoms with Gasteiger partial charge in [-0.3, -0.25) is 0 Å². The second kappa shape index (κ2) is 6.86. The van der Waals surface area contributed by atoms with E-state index in [0.717, 1.165) is 5.56 Å². The van der Waals surface area contributed by atoms with E-state index in [4.69, 9.17) is 15.1 Å². The molecule has 1 heterocycles. The van der Waals surface area contributed by atoms with Gasteiger partial charge in [0.15, 0.2) is 0 Å². The Balaban J connectivity index is 1.95. The molecule has 2 aromatic rings. The van der Waals surface area contributed by atoms with E-state index in [0.29, 0.717) is 24.6 Å². The van der Waals surface area contributed by atoms with Gasteiger partial charge < -0.3 is 15.2 Å². The van der Waals surface area contributed by atoms with E-state index >= 15 is 0 Å². The van der Waals surface area contributed by atoms with Gasteiger partial charge in [-0.2, -0.15) is 5.26 Å². The van der Waals surface area contributed by atoms with Crippen LogP contribution in [0.15, 0.2) is 36.7 Å². The van der Waals surface area contributed by atoms with Crippen molar-refractivity contribution in [3.63, 3.8) is 0 Å². The molecule has 7 nitrogen and oxygen atoms in total. The van der Waals surface area contributed by atoms with Gasteiger partial charge in [0, 0.05) is 12.6 Å². The van der Waals surface area contributed by atoms with Crippen LogP contribution in [-0.2, 0) is 6.42 Å². The first kappa shape index (κ1) is 14.3. The highest BCUT2D eigenvalue weighted by atomic mass is 16.5. The van der Waals surface area contributed by atoms with E-state index in [-0.39, 0.29) is 5.69 Å². The molecule has 0 atom stereocenters. The first-order chi connectivity index (χ1) is 10.2. The average molecular weight is 284 g/mol.